The summed E-state index contributed by atoms with van der Waals surface area (Å²) < 4.78 is 4.70. The van der Waals surface area contributed by atoms with Crippen LogP contribution in [0.5, 0.6) is 0 Å². The summed E-state index contributed by atoms with van der Waals surface area (Å²) in [7, 11) is 1.33. The van der Waals surface area contributed by atoms with E-state index in [1.165, 1.54) is 18.4 Å². The number of carbonyl (C=O) groups is 3. The number of nitrogens with two attached hydrogens (primary N) is 1. The Labute approximate surface area is 145 Å². The number of nitrogens with one attached hydrogen (secondary N) is 2. The first-order valence-electron chi connectivity index (χ1n) is 7.40. The van der Waals surface area contributed by atoms with Crippen LogP contribution in [0.1, 0.15) is 35.5 Å². The number of hydrogen-bond donors (Lipinski definition) is 4. The molecule has 9 heteroatoms. The molecule has 1 rings (SSSR count). The van der Waals surface area contributed by atoms with E-state index >= 15 is 0 Å². The van der Waals surface area contributed by atoms with Crippen molar-refractivity contribution in [2.45, 2.75) is 33.2 Å². The van der Waals surface area contributed by atoms with Gasteiger partial charge < -0.3 is 26.2 Å². The highest BCUT2D eigenvalue weighted by atomic mass is 32.1. The summed E-state index contributed by atoms with van der Waals surface area (Å²) in [6.07, 6.45) is 0.961. The molecular weight excluding hydrogens is 334 g/mol. The fraction of sp³-hybridized carbons (Fsp3) is 0.533. The molecule has 0 saturated heterocycles. The van der Waals surface area contributed by atoms with Gasteiger partial charge in [-0.15, -0.1) is 11.3 Å². The molecule has 0 aliphatic rings. The number of aliphatic carboxylic acids is 1. The van der Waals surface area contributed by atoms with Gasteiger partial charge in [0.15, 0.2) is 0 Å². The van der Waals surface area contributed by atoms with E-state index in [0.717, 1.165) is 18.5 Å². The van der Waals surface area contributed by atoms with Crippen molar-refractivity contribution in [2.24, 2.45) is 5.73 Å². The van der Waals surface area contributed by atoms with Crippen molar-refractivity contribution >= 4 is 34.9 Å². The minimum atomic E-state index is -0.968. The third kappa shape index (κ3) is 7.53. The van der Waals surface area contributed by atoms with Crippen LogP contribution in [0.4, 0.5) is 5.69 Å². The van der Waals surface area contributed by atoms with E-state index in [2.05, 4.69) is 16.4 Å². The quantitative estimate of drug-likeness (QED) is 0.538. The van der Waals surface area contributed by atoms with Gasteiger partial charge in [-0.3, -0.25) is 9.59 Å². The van der Waals surface area contributed by atoms with E-state index in [-0.39, 0.29) is 18.5 Å². The second kappa shape index (κ2) is 11.5. The summed E-state index contributed by atoms with van der Waals surface area (Å²) in [6.45, 7) is 6.18. The molecule has 136 valence electrons. The number of ether oxygens (including phenoxy) is 1. The Hall–Kier alpha value is -1.97. The standard InChI is InChI=1S/C13H20N2O3S.C2H5NO2/c1-5-6-14-9(3)12(16)15-10-8(2)7-19-11(10)13(17)18-4;3-1-2(4)5/h7,9,14H,5-6H2,1-4H3,(H,15,16);1,3H2,(H,4,5). The van der Waals surface area contributed by atoms with Crippen LogP contribution >= 0.6 is 11.3 Å². The number of amides is 1. The fourth-order valence-electron chi connectivity index (χ4n) is 1.53. The Morgan fingerprint density at radius 2 is 2.00 bits per heavy atom. The van der Waals surface area contributed by atoms with Gasteiger partial charge in [-0.05, 0) is 37.8 Å². The molecular formula is C15H25N3O5S. The summed E-state index contributed by atoms with van der Waals surface area (Å²) >= 11 is 1.27. The molecule has 0 fully saturated rings. The molecule has 1 aromatic heterocycles. The van der Waals surface area contributed by atoms with Crippen LogP contribution in [0.3, 0.4) is 0 Å². The number of hydrogen-bond acceptors (Lipinski definition) is 7. The van der Waals surface area contributed by atoms with Crippen LogP contribution in [-0.2, 0) is 14.3 Å². The van der Waals surface area contributed by atoms with Crippen molar-refractivity contribution in [3.8, 4) is 0 Å². The van der Waals surface area contributed by atoms with Crippen LogP contribution in [0.25, 0.3) is 0 Å². The maximum Gasteiger partial charge on any atom is 0.350 e. The Kier molecular flexibility index (Phi) is 10.6. The van der Waals surface area contributed by atoms with Gasteiger partial charge in [0.25, 0.3) is 0 Å². The van der Waals surface area contributed by atoms with Crippen LogP contribution in [-0.4, -0.2) is 49.2 Å². The summed E-state index contributed by atoms with van der Waals surface area (Å²) in [6, 6.07) is -0.301. The lowest BCUT2D eigenvalue weighted by Gasteiger charge is -2.14. The Morgan fingerprint density at radius 1 is 1.42 bits per heavy atom. The molecule has 8 nitrogen and oxygen atoms in total. The van der Waals surface area contributed by atoms with Gasteiger partial charge in [0.2, 0.25) is 5.91 Å². The number of esters is 1. The Balaban J connectivity index is 0.000000922. The summed E-state index contributed by atoms with van der Waals surface area (Å²) in [5, 5.41) is 15.3. The van der Waals surface area contributed by atoms with Crippen molar-refractivity contribution in [3.05, 3.63) is 15.8 Å². The maximum absolute atomic E-state index is 12.0. The average Bonchev–Trinajstić information content (AvgIpc) is 2.93. The highest BCUT2D eigenvalue weighted by molar-refractivity contribution is 7.12. The Morgan fingerprint density at radius 3 is 2.46 bits per heavy atom. The number of methoxy groups -OCH3 is 1. The van der Waals surface area contributed by atoms with Gasteiger partial charge in [-0.25, -0.2) is 4.79 Å². The first-order chi connectivity index (χ1) is 11.3. The van der Waals surface area contributed by atoms with E-state index in [1.807, 2.05) is 19.2 Å². The van der Waals surface area contributed by atoms with Crippen LogP contribution < -0.4 is 16.4 Å². The predicted octanol–water partition coefficient (Wildman–Crippen LogP) is 1.20. The molecule has 1 aromatic rings. The molecule has 0 aliphatic carbocycles. The van der Waals surface area contributed by atoms with Gasteiger partial charge >= 0.3 is 11.9 Å². The van der Waals surface area contributed by atoms with Crippen molar-refractivity contribution < 1.29 is 24.2 Å². The molecule has 0 spiro atoms. The molecule has 1 amide bonds. The normalized spacial score (nSPS) is 11.0. The zero-order valence-corrected chi connectivity index (χ0v) is 15.2. The lowest BCUT2D eigenvalue weighted by atomic mass is 10.2. The molecule has 0 bridgehead atoms. The average molecular weight is 359 g/mol. The molecule has 5 N–H and O–H groups in total. The van der Waals surface area contributed by atoms with Gasteiger partial charge in [0, 0.05) is 0 Å². The van der Waals surface area contributed by atoms with Gasteiger partial charge in [-0.2, -0.15) is 0 Å². The van der Waals surface area contributed by atoms with Gasteiger partial charge in [-0.1, -0.05) is 6.92 Å². The second-order valence-electron chi connectivity index (χ2n) is 4.88. The minimum absolute atomic E-state index is 0.153. The zero-order valence-electron chi connectivity index (χ0n) is 14.3. The molecule has 0 radical (unpaired) electrons. The number of thiophene rings is 1. The van der Waals surface area contributed by atoms with E-state index in [0.29, 0.717) is 10.6 Å². The monoisotopic (exact) mass is 359 g/mol. The maximum atomic E-state index is 12.0. The molecule has 24 heavy (non-hydrogen) atoms. The Bertz CT molecular complexity index is 559. The SMILES string of the molecule is CCCNC(C)C(=O)Nc1c(C)csc1C(=O)OC.NCC(=O)O. The third-order valence-corrected chi connectivity index (χ3v) is 3.94. The lowest BCUT2D eigenvalue weighted by molar-refractivity contribution is -0.135. The van der Waals surface area contributed by atoms with Gasteiger partial charge in [0.05, 0.1) is 25.4 Å². The molecule has 0 aliphatic heterocycles. The predicted molar refractivity (Wildman–Crippen MR) is 93.5 cm³/mol. The first kappa shape index (κ1) is 22.0. The fourth-order valence-corrected chi connectivity index (χ4v) is 2.45. The lowest BCUT2D eigenvalue weighted by Crippen LogP contribution is -2.38. The van der Waals surface area contributed by atoms with Crippen molar-refractivity contribution in [2.75, 3.05) is 25.5 Å². The molecule has 1 heterocycles. The van der Waals surface area contributed by atoms with Crippen LogP contribution in [0.2, 0.25) is 0 Å². The number of carboxylic acid groups (broad SMARTS) is 1. The summed E-state index contributed by atoms with van der Waals surface area (Å²) in [5.74, 6) is -1.55. The van der Waals surface area contributed by atoms with E-state index < -0.39 is 11.9 Å². The molecule has 1 atom stereocenters. The van der Waals surface area contributed by atoms with Crippen LogP contribution in [0, 0.1) is 6.92 Å². The number of anilines is 1. The number of aryl methyl sites for hydroxylation is 1. The molecule has 1 unspecified atom stereocenters. The smallest absolute Gasteiger partial charge is 0.350 e. The van der Waals surface area contributed by atoms with Crippen molar-refractivity contribution in [3.63, 3.8) is 0 Å². The van der Waals surface area contributed by atoms with Gasteiger partial charge in [0.1, 0.15) is 4.88 Å². The van der Waals surface area contributed by atoms with Crippen LogP contribution in [0.15, 0.2) is 5.38 Å². The van der Waals surface area contributed by atoms with E-state index in [1.54, 1.807) is 6.92 Å². The third-order valence-electron chi connectivity index (χ3n) is 2.86. The largest absolute Gasteiger partial charge is 0.480 e. The highest BCUT2D eigenvalue weighted by Gasteiger charge is 2.20. The van der Waals surface area contributed by atoms with Crippen molar-refractivity contribution in [1.82, 2.24) is 5.32 Å². The van der Waals surface area contributed by atoms with E-state index in [9.17, 15) is 14.4 Å². The topological polar surface area (TPSA) is 131 Å². The summed E-state index contributed by atoms with van der Waals surface area (Å²) in [4.78, 5) is 33.3. The first-order valence-corrected chi connectivity index (χ1v) is 8.28. The molecule has 0 aromatic carbocycles. The summed E-state index contributed by atoms with van der Waals surface area (Å²) in [5.41, 5.74) is 5.98. The van der Waals surface area contributed by atoms with Crippen molar-refractivity contribution in [1.29, 1.82) is 0 Å². The highest BCUT2D eigenvalue weighted by Crippen LogP contribution is 2.28. The molecule has 0 saturated carbocycles. The van der Waals surface area contributed by atoms with E-state index in [4.69, 9.17) is 9.84 Å². The number of carbonyl (C=O) groups excluding carboxylic acids is 2. The number of carboxylic acids is 1. The number of rotatable bonds is 7. The minimum Gasteiger partial charge on any atom is -0.480 e. The zero-order chi connectivity index (χ0) is 18.7. The second-order valence-corrected chi connectivity index (χ2v) is 5.76.